The maximum absolute atomic E-state index is 7.91. The van der Waals surface area contributed by atoms with Gasteiger partial charge in [-0.1, -0.05) is 165 Å². The van der Waals surface area contributed by atoms with Gasteiger partial charge in [0.1, 0.15) is 16.7 Å². The topological polar surface area (TPSA) is 32.8 Å². The molecule has 84 heavy (non-hydrogen) atoms. The predicted octanol–water partition coefficient (Wildman–Crippen LogP) is 21.4. The molecule has 0 amide bonds. The van der Waals surface area contributed by atoms with E-state index in [2.05, 4.69) is 247 Å². The second-order valence-corrected chi connectivity index (χ2v) is 32.2. The lowest BCUT2D eigenvalue weighted by Crippen LogP contribution is -2.61. The van der Waals surface area contributed by atoms with Gasteiger partial charge in [-0.05, 0) is 199 Å². The van der Waals surface area contributed by atoms with E-state index in [-0.39, 0.29) is 44.8 Å². The highest BCUT2D eigenvalue weighted by atomic mass is 32.1. The van der Waals surface area contributed by atoms with Crippen LogP contribution in [0.3, 0.4) is 0 Å². The molecule has 5 aliphatic rings. The highest BCUT2D eigenvalue weighted by Crippen LogP contribution is 2.59. The molecule has 11 aromatic rings. The summed E-state index contributed by atoms with van der Waals surface area (Å²) in [6, 6.07) is 52.5. The summed E-state index contributed by atoms with van der Waals surface area (Å²) in [6.07, 6.45) is 6.83. The van der Waals surface area contributed by atoms with Crippen molar-refractivity contribution in [3.8, 4) is 22.3 Å². The summed E-state index contributed by atoms with van der Waals surface area (Å²) in [7, 11) is 0. The average molecular weight is 1120 g/mol. The molecule has 0 unspecified atom stereocenters. The van der Waals surface area contributed by atoms with E-state index in [0.29, 0.717) is 0 Å². The van der Waals surface area contributed by atoms with Gasteiger partial charge in [0.15, 0.2) is 0 Å². The van der Waals surface area contributed by atoms with Crippen molar-refractivity contribution in [2.24, 2.45) is 0 Å². The third-order valence-electron chi connectivity index (χ3n) is 22.0. The van der Waals surface area contributed by atoms with Gasteiger partial charge in [0.25, 0.3) is 0 Å². The first-order chi connectivity index (χ1) is 39.7. The van der Waals surface area contributed by atoms with E-state index >= 15 is 0 Å². The van der Waals surface area contributed by atoms with Gasteiger partial charge in [-0.15, -0.1) is 11.3 Å². The molecule has 2 aliphatic heterocycles. The van der Waals surface area contributed by atoms with Crippen LogP contribution >= 0.6 is 11.3 Å². The molecule has 0 radical (unpaired) electrons. The molecule has 16 rings (SSSR count). The summed E-state index contributed by atoms with van der Waals surface area (Å²) in [4.78, 5) is 5.32. The van der Waals surface area contributed by atoms with Gasteiger partial charge in [0.05, 0.1) is 5.69 Å². The van der Waals surface area contributed by atoms with Gasteiger partial charge in [0.2, 0.25) is 5.88 Å². The van der Waals surface area contributed by atoms with Crippen LogP contribution in [0.5, 0.6) is 0 Å². The number of fused-ring (bicyclic) bond motifs is 17. The molecule has 0 bridgehead atoms. The standard InChI is InChI=1S/C78H79BN2O2S/c1-72(2,3)45-25-29-59(49(37-45)44-21-17-16-18-22-44)80-61-41-51-47-23-19-20-24-64(47)84-70(51)66-65-60(30-27-48-50-39-55-57(42-62(50)82-69(48)65)77(12,13)35-33-75(55,8)9)81(46-26-28-53-54(38-46)74(6,7)32-31-73(53,4)5)79(68(61)66)67-52-40-56-58(43-63(52)83-71(67)80)78(14,15)36-34-76(56,10)11/h16-30,37-43H,31-36H2,1-15H3. The Kier molecular flexibility index (Phi) is 10.6. The third kappa shape index (κ3) is 7.25. The number of anilines is 5. The largest absolute Gasteiger partial charge is 0.455 e. The molecule has 0 atom stereocenters. The van der Waals surface area contributed by atoms with Crippen molar-refractivity contribution in [2.45, 2.75) is 180 Å². The summed E-state index contributed by atoms with van der Waals surface area (Å²) < 4.78 is 18.2. The fourth-order valence-corrected chi connectivity index (χ4v) is 17.7. The van der Waals surface area contributed by atoms with E-state index in [1.165, 1.54) is 120 Å². The minimum Gasteiger partial charge on any atom is -0.455 e. The Morgan fingerprint density at radius 1 is 0.440 bits per heavy atom. The van der Waals surface area contributed by atoms with Crippen LogP contribution in [0.15, 0.2) is 142 Å². The van der Waals surface area contributed by atoms with Gasteiger partial charge >= 0.3 is 6.85 Å². The van der Waals surface area contributed by atoms with Gasteiger partial charge in [0, 0.05) is 75.5 Å². The SMILES string of the molecule is CC(C)(C)c1ccc(N2c3cc4c(sc5ccccc54)c4c3B(c3c2oc2cc5c(cc32)C(C)(C)CCC5(C)C)N(c2ccc3c(c2)C(C)(C)CCC3(C)C)c2ccc3c(oc5cc6c(cc53)C(C)(C)CCC6(C)C)c2-4)c(-c2ccccc2)c1. The van der Waals surface area contributed by atoms with E-state index in [1.54, 1.807) is 0 Å². The molecule has 422 valence electrons. The first-order valence-electron chi connectivity index (χ1n) is 31.3. The average Bonchev–Trinajstić information content (AvgIpc) is 1.35. The lowest BCUT2D eigenvalue weighted by Gasteiger charge is -2.46. The quantitative estimate of drug-likeness (QED) is 0.165. The number of hydrogen-bond acceptors (Lipinski definition) is 5. The van der Waals surface area contributed by atoms with Crippen LogP contribution in [0.4, 0.5) is 28.6 Å². The van der Waals surface area contributed by atoms with Crippen molar-refractivity contribution in [1.29, 1.82) is 0 Å². The van der Waals surface area contributed by atoms with Crippen molar-refractivity contribution in [1.82, 2.24) is 0 Å². The van der Waals surface area contributed by atoms with Crippen LogP contribution in [0.1, 0.15) is 181 Å². The molecular formula is C78H79BN2O2S. The van der Waals surface area contributed by atoms with Crippen molar-refractivity contribution in [3.05, 3.63) is 172 Å². The van der Waals surface area contributed by atoms with Crippen LogP contribution < -0.4 is 20.6 Å². The zero-order valence-electron chi connectivity index (χ0n) is 52.1. The zero-order valence-corrected chi connectivity index (χ0v) is 53.0. The maximum atomic E-state index is 7.91. The molecule has 3 aliphatic carbocycles. The summed E-state index contributed by atoms with van der Waals surface area (Å²) >= 11 is 1.94. The number of nitrogens with zero attached hydrogens (tertiary/aromatic N) is 2. The molecule has 4 nitrogen and oxygen atoms in total. The Balaban J connectivity index is 1.11. The number of thiophene rings is 1. The van der Waals surface area contributed by atoms with Gasteiger partial charge in [-0.3, -0.25) is 4.90 Å². The van der Waals surface area contributed by atoms with E-state index in [4.69, 9.17) is 8.83 Å². The van der Waals surface area contributed by atoms with Crippen molar-refractivity contribution >= 4 is 111 Å². The lowest BCUT2D eigenvalue weighted by molar-refractivity contribution is 0.332. The van der Waals surface area contributed by atoms with Crippen molar-refractivity contribution < 1.29 is 8.83 Å². The second kappa shape index (κ2) is 16.9. The Morgan fingerprint density at radius 3 is 1.64 bits per heavy atom. The number of rotatable bonds is 3. The molecule has 0 N–H and O–H groups in total. The predicted molar refractivity (Wildman–Crippen MR) is 360 cm³/mol. The highest BCUT2D eigenvalue weighted by molar-refractivity contribution is 7.26. The van der Waals surface area contributed by atoms with E-state index in [9.17, 15) is 0 Å². The molecule has 8 aromatic carbocycles. The molecule has 0 spiro atoms. The minimum atomic E-state index is -0.287. The number of benzene rings is 8. The zero-order chi connectivity index (χ0) is 58.3. The maximum Gasteiger partial charge on any atom is 0.337 e. The Hall–Kier alpha value is -7.02. The van der Waals surface area contributed by atoms with E-state index < -0.39 is 0 Å². The van der Waals surface area contributed by atoms with Crippen LogP contribution in [-0.2, 0) is 37.9 Å². The molecular weight excluding hydrogens is 1040 g/mol. The fraction of sp³-hybridized carbons (Fsp3) is 0.359. The molecule has 0 fully saturated rings. The van der Waals surface area contributed by atoms with Crippen LogP contribution in [0.25, 0.3) is 75.3 Å². The Morgan fingerprint density at radius 2 is 1.00 bits per heavy atom. The molecule has 0 saturated heterocycles. The molecule has 3 aromatic heterocycles. The van der Waals surface area contributed by atoms with Gasteiger partial charge < -0.3 is 13.6 Å². The molecule has 5 heterocycles. The monoisotopic (exact) mass is 1120 g/mol. The highest BCUT2D eigenvalue weighted by Gasteiger charge is 2.52. The van der Waals surface area contributed by atoms with Crippen LogP contribution in [0, 0.1) is 0 Å². The van der Waals surface area contributed by atoms with Crippen molar-refractivity contribution in [3.63, 3.8) is 0 Å². The summed E-state index contributed by atoms with van der Waals surface area (Å²) in [5.41, 5.74) is 24.7. The van der Waals surface area contributed by atoms with E-state index in [1.807, 2.05) is 11.3 Å². The van der Waals surface area contributed by atoms with Crippen LogP contribution in [0.2, 0.25) is 0 Å². The Labute approximate surface area is 501 Å². The third-order valence-corrected chi connectivity index (χ3v) is 23.2. The summed E-state index contributed by atoms with van der Waals surface area (Å²) in [5.74, 6) is 0.888. The van der Waals surface area contributed by atoms with Gasteiger partial charge in [-0.2, -0.15) is 0 Å². The lowest BCUT2D eigenvalue weighted by atomic mass is 9.43. The summed E-state index contributed by atoms with van der Waals surface area (Å²) in [5, 5.41) is 6.09. The van der Waals surface area contributed by atoms with Gasteiger partial charge in [-0.25, -0.2) is 0 Å². The van der Waals surface area contributed by atoms with Crippen molar-refractivity contribution in [2.75, 3.05) is 9.71 Å². The number of furan rings is 2. The fourth-order valence-electron chi connectivity index (χ4n) is 16.4. The first-order valence-corrected chi connectivity index (χ1v) is 32.1. The number of hydrogen-bond donors (Lipinski definition) is 0. The first kappa shape index (κ1) is 52.5. The van der Waals surface area contributed by atoms with E-state index in [0.717, 1.165) is 72.5 Å². The molecule has 6 heteroatoms. The minimum absolute atomic E-state index is 0.0148. The summed E-state index contributed by atoms with van der Waals surface area (Å²) in [6.45, 7) is 36.2. The smallest absolute Gasteiger partial charge is 0.337 e. The van der Waals surface area contributed by atoms with Crippen LogP contribution in [-0.4, -0.2) is 6.85 Å². The Bertz CT molecular complexity index is 4680. The normalized spacial score (nSPS) is 19.3. The molecule has 0 saturated carbocycles. The second-order valence-electron chi connectivity index (χ2n) is 31.2.